The SMILES string of the molecule is CCCCCC/C=C\CCCCCCCC(=O)NC(COP(=O)(O)OCC[N+](C)(C)C)C(O)CCCCCCCC. The van der Waals surface area contributed by atoms with Gasteiger partial charge in [-0.05, 0) is 38.5 Å². The molecule has 1 amide bonds. The molecule has 41 heavy (non-hydrogen) atoms. The molecule has 0 aliphatic heterocycles. The Balaban J connectivity index is 4.46. The Morgan fingerprint density at radius 2 is 1.32 bits per heavy atom. The molecule has 0 aromatic rings. The molecule has 0 rings (SSSR count). The number of phosphoric acid groups is 1. The molecule has 9 heteroatoms. The molecule has 3 unspecified atom stereocenters. The lowest BCUT2D eigenvalue weighted by Crippen LogP contribution is -2.46. The van der Waals surface area contributed by atoms with Crippen molar-refractivity contribution in [3.05, 3.63) is 12.2 Å². The molecule has 0 saturated carbocycles. The van der Waals surface area contributed by atoms with Crippen LogP contribution in [0.1, 0.15) is 136 Å². The number of rotatable bonds is 29. The van der Waals surface area contributed by atoms with Gasteiger partial charge in [-0.1, -0.05) is 103 Å². The molecule has 0 aliphatic carbocycles. The summed E-state index contributed by atoms with van der Waals surface area (Å²) in [6.07, 6.45) is 23.9. The fraction of sp³-hybridized carbons (Fsp3) is 0.906. The Hall–Kier alpha value is -0.760. The van der Waals surface area contributed by atoms with Crippen LogP contribution in [0, 0.1) is 0 Å². The first-order valence-electron chi connectivity index (χ1n) is 16.6. The van der Waals surface area contributed by atoms with Crippen molar-refractivity contribution in [2.24, 2.45) is 0 Å². The first-order chi connectivity index (χ1) is 19.5. The number of carbonyl (C=O) groups excluding carboxylic acids is 1. The van der Waals surface area contributed by atoms with Crippen LogP contribution in [0.15, 0.2) is 12.2 Å². The average molecular weight is 606 g/mol. The maximum Gasteiger partial charge on any atom is 0.472 e. The summed E-state index contributed by atoms with van der Waals surface area (Å²) in [6, 6.07) is -0.755. The standard InChI is InChI=1S/C32H65N2O6P/c1-6-8-10-12-14-15-16-17-18-19-20-22-24-26-32(36)33-30(31(35)25-23-21-13-11-9-7-2)29-40-41(37,38)39-28-27-34(3,4)5/h15-16,30-31,35H,6-14,17-29H2,1-5H3,(H-,33,36,37,38)/p+1/b16-15-. The number of hydrogen-bond acceptors (Lipinski definition) is 5. The van der Waals surface area contributed by atoms with Crippen LogP contribution in [0.2, 0.25) is 0 Å². The fourth-order valence-electron chi connectivity index (χ4n) is 4.51. The van der Waals surface area contributed by atoms with Crippen LogP contribution >= 0.6 is 7.82 Å². The number of phosphoric ester groups is 1. The van der Waals surface area contributed by atoms with E-state index in [1.54, 1.807) is 0 Å². The third-order valence-corrected chi connectivity index (χ3v) is 8.25. The minimum absolute atomic E-state index is 0.0734. The van der Waals surface area contributed by atoms with Gasteiger partial charge in [0.2, 0.25) is 5.91 Å². The number of nitrogens with one attached hydrogen (secondary N) is 1. The highest BCUT2D eigenvalue weighted by Gasteiger charge is 2.28. The molecule has 0 saturated heterocycles. The smallest absolute Gasteiger partial charge is 0.391 e. The minimum Gasteiger partial charge on any atom is -0.391 e. The van der Waals surface area contributed by atoms with Gasteiger partial charge in [-0.2, -0.15) is 0 Å². The lowest BCUT2D eigenvalue weighted by molar-refractivity contribution is -0.870. The van der Waals surface area contributed by atoms with Crippen LogP contribution < -0.4 is 5.32 Å². The van der Waals surface area contributed by atoms with Crippen LogP contribution in [-0.2, 0) is 18.4 Å². The first-order valence-corrected chi connectivity index (χ1v) is 18.0. The second-order valence-corrected chi connectivity index (χ2v) is 14.0. The number of quaternary nitrogens is 1. The zero-order valence-corrected chi connectivity index (χ0v) is 28.2. The second kappa shape index (κ2) is 25.7. The van der Waals surface area contributed by atoms with E-state index < -0.39 is 20.0 Å². The number of allylic oxidation sites excluding steroid dienone is 2. The lowest BCUT2D eigenvalue weighted by Gasteiger charge is -2.26. The summed E-state index contributed by atoms with van der Waals surface area (Å²) in [5.74, 6) is -0.162. The minimum atomic E-state index is -4.29. The maximum absolute atomic E-state index is 12.7. The van der Waals surface area contributed by atoms with Crippen molar-refractivity contribution in [1.29, 1.82) is 0 Å². The van der Waals surface area contributed by atoms with Crippen LogP contribution in [0.25, 0.3) is 0 Å². The molecule has 3 N–H and O–H groups in total. The third kappa shape index (κ3) is 27.8. The predicted octanol–water partition coefficient (Wildman–Crippen LogP) is 7.68. The molecule has 0 aliphatic rings. The molecule has 8 nitrogen and oxygen atoms in total. The Morgan fingerprint density at radius 1 is 0.805 bits per heavy atom. The van der Waals surface area contributed by atoms with Crippen molar-refractivity contribution in [1.82, 2.24) is 5.32 Å². The summed E-state index contributed by atoms with van der Waals surface area (Å²) in [5, 5.41) is 13.7. The second-order valence-electron chi connectivity index (χ2n) is 12.5. The lowest BCUT2D eigenvalue weighted by atomic mass is 10.0. The molecule has 0 fully saturated rings. The van der Waals surface area contributed by atoms with E-state index in [0.717, 1.165) is 51.4 Å². The Labute approximate surface area is 252 Å². The van der Waals surface area contributed by atoms with Crippen molar-refractivity contribution < 1.29 is 32.9 Å². The third-order valence-electron chi connectivity index (χ3n) is 7.26. The maximum atomic E-state index is 12.7. The zero-order chi connectivity index (χ0) is 30.8. The highest BCUT2D eigenvalue weighted by atomic mass is 31.2. The van der Waals surface area contributed by atoms with Gasteiger partial charge in [0.15, 0.2) is 0 Å². The Kier molecular flexibility index (Phi) is 25.2. The molecule has 0 aromatic carbocycles. The zero-order valence-electron chi connectivity index (χ0n) is 27.3. The number of aliphatic hydroxyl groups is 1. The number of aliphatic hydroxyl groups excluding tert-OH is 1. The van der Waals surface area contributed by atoms with Crippen molar-refractivity contribution in [3.8, 4) is 0 Å². The van der Waals surface area contributed by atoms with Gasteiger partial charge in [0.1, 0.15) is 13.2 Å². The number of nitrogens with zero attached hydrogens (tertiary/aromatic N) is 1. The van der Waals surface area contributed by atoms with Gasteiger partial charge in [-0.3, -0.25) is 13.8 Å². The Morgan fingerprint density at radius 3 is 1.90 bits per heavy atom. The molecule has 0 spiro atoms. The monoisotopic (exact) mass is 605 g/mol. The molecular weight excluding hydrogens is 539 g/mol. The molecule has 0 heterocycles. The molecule has 0 aromatic heterocycles. The van der Waals surface area contributed by atoms with Gasteiger partial charge in [0, 0.05) is 6.42 Å². The van der Waals surface area contributed by atoms with Gasteiger partial charge in [-0.25, -0.2) is 4.57 Å². The summed E-state index contributed by atoms with van der Waals surface area (Å²) >= 11 is 0. The van der Waals surface area contributed by atoms with Crippen molar-refractivity contribution in [3.63, 3.8) is 0 Å². The summed E-state index contributed by atoms with van der Waals surface area (Å²) in [4.78, 5) is 22.8. The molecule has 0 bridgehead atoms. The largest absolute Gasteiger partial charge is 0.472 e. The van der Waals surface area contributed by atoms with Crippen LogP contribution in [0.3, 0.4) is 0 Å². The van der Waals surface area contributed by atoms with E-state index in [1.807, 2.05) is 21.1 Å². The van der Waals surface area contributed by atoms with Gasteiger partial charge < -0.3 is 19.8 Å². The van der Waals surface area contributed by atoms with E-state index in [2.05, 4.69) is 31.3 Å². The van der Waals surface area contributed by atoms with Crippen molar-refractivity contribution >= 4 is 13.7 Å². The van der Waals surface area contributed by atoms with E-state index >= 15 is 0 Å². The fourth-order valence-corrected chi connectivity index (χ4v) is 5.24. The van der Waals surface area contributed by atoms with Crippen LogP contribution in [-0.4, -0.2) is 73.4 Å². The summed E-state index contributed by atoms with van der Waals surface area (Å²) < 4.78 is 23.3. The molecular formula is C32H66N2O6P+. The summed E-state index contributed by atoms with van der Waals surface area (Å²) in [7, 11) is 1.60. The van der Waals surface area contributed by atoms with Gasteiger partial charge >= 0.3 is 7.82 Å². The quantitative estimate of drug-likeness (QED) is 0.0350. The number of unbranched alkanes of at least 4 members (excludes halogenated alkanes) is 14. The highest BCUT2D eigenvalue weighted by Crippen LogP contribution is 2.43. The normalized spacial score (nSPS) is 15.2. The topological polar surface area (TPSA) is 105 Å². The van der Waals surface area contributed by atoms with Gasteiger partial charge in [0.05, 0.1) is 39.9 Å². The van der Waals surface area contributed by atoms with E-state index in [4.69, 9.17) is 9.05 Å². The number of likely N-dealkylation sites (N-methyl/N-ethyl adjacent to an activating group) is 1. The highest BCUT2D eigenvalue weighted by molar-refractivity contribution is 7.47. The number of hydrogen-bond donors (Lipinski definition) is 3. The molecule has 3 atom stereocenters. The first kappa shape index (κ1) is 40.2. The van der Waals surface area contributed by atoms with E-state index in [0.29, 0.717) is 23.9 Å². The molecule has 244 valence electrons. The van der Waals surface area contributed by atoms with Gasteiger partial charge in [0.25, 0.3) is 0 Å². The number of amides is 1. The summed E-state index contributed by atoms with van der Waals surface area (Å²) in [6.45, 7) is 4.76. The van der Waals surface area contributed by atoms with Crippen LogP contribution in [0.5, 0.6) is 0 Å². The van der Waals surface area contributed by atoms with E-state index in [-0.39, 0.29) is 19.1 Å². The van der Waals surface area contributed by atoms with E-state index in [1.165, 1.54) is 57.8 Å². The van der Waals surface area contributed by atoms with Crippen molar-refractivity contribution in [2.45, 2.75) is 148 Å². The van der Waals surface area contributed by atoms with Crippen LogP contribution in [0.4, 0.5) is 0 Å². The predicted molar refractivity (Wildman–Crippen MR) is 171 cm³/mol. The van der Waals surface area contributed by atoms with Crippen molar-refractivity contribution in [2.75, 3.05) is 40.9 Å². The van der Waals surface area contributed by atoms with E-state index in [9.17, 15) is 19.4 Å². The molecule has 0 radical (unpaired) electrons. The average Bonchev–Trinajstić information content (AvgIpc) is 2.90. The Bertz CT molecular complexity index is 698. The summed E-state index contributed by atoms with van der Waals surface area (Å²) in [5.41, 5.74) is 0. The van der Waals surface area contributed by atoms with Gasteiger partial charge in [-0.15, -0.1) is 0 Å². The number of carbonyl (C=O) groups is 1.